The highest BCUT2D eigenvalue weighted by atomic mass is 32.2. The monoisotopic (exact) mass is 301 g/mol. The highest BCUT2D eigenvalue weighted by Gasteiger charge is 2.18. The van der Waals surface area contributed by atoms with Gasteiger partial charge in [0, 0.05) is 23.2 Å². The second-order valence-electron chi connectivity index (χ2n) is 4.91. The highest BCUT2D eigenvalue weighted by Crippen LogP contribution is 2.38. The Kier molecular flexibility index (Phi) is 3.81. The van der Waals surface area contributed by atoms with Crippen LogP contribution in [0.5, 0.6) is 0 Å². The van der Waals surface area contributed by atoms with E-state index in [-0.39, 0.29) is 10.6 Å². The first-order chi connectivity index (χ1) is 10.1. The van der Waals surface area contributed by atoms with Crippen LogP contribution in [0.25, 0.3) is 0 Å². The van der Waals surface area contributed by atoms with Gasteiger partial charge < -0.3 is 11.1 Å². The molecule has 1 aliphatic rings. The molecular formula is C15H15N3O2S. The maximum atomic E-state index is 11.2. The molecule has 0 radical (unpaired) electrons. The van der Waals surface area contributed by atoms with E-state index < -0.39 is 0 Å². The maximum absolute atomic E-state index is 11.2. The van der Waals surface area contributed by atoms with E-state index in [1.165, 1.54) is 29.0 Å². The predicted octanol–water partition coefficient (Wildman–Crippen LogP) is 2.97. The van der Waals surface area contributed by atoms with Gasteiger partial charge in [-0.05, 0) is 42.3 Å². The fourth-order valence-corrected chi connectivity index (χ4v) is 3.59. The zero-order chi connectivity index (χ0) is 14.8. The molecular weight excluding hydrogens is 286 g/mol. The molecule has 3 rings (SSSR count). The van der Waals surface area contributed by atoms with Gasteiger partial charge in [-0.15, -0.1) is 0 Å². The van der Waals surface area contributed by atoms with Gasteiger partial charge >= 0.3 is 0 Å². The van der Waals surface area contributed by atoms with Crippen LogP contribution in [0, 0.1) is 10.1 Å². The molecule has 0 unspecified atom stereocenters. The third-order valence-corrected chi connectivity index (χ3v) is 4.66. The molecule has 0 bridgehead atoms. The lowest BCUT2D eigenvalue weighted by molar-refractivity contribution is -0.387. The molecule has 0 amide bonds. The molecule has 0 saturated heterocycles. The van der Waals surface area contributed by atoms with Crippen LogP contribution in [0.2, 0.25) is 0 Å². The van der Waals surface area contributed by atoms with Gasteiger partial charge in [0.15, 0.2) is 0 Å². The van der Waals surface area contributed by atoms with Crippen molar-refractivity contribution in [3.8, 4) is 0 Å². The highest BCUT2D eigenvalue weighted by molar-refractivity contribution is 7.99. The van der Waals surface area contributed by atoms with E-state index in [9.17, 15) is 10.1 Å². The van der Waals surface area contributed by atoms with Gasteiger partial charge in [0.2, 0.25) is 0 Å². The molecule has 2 aromatic rings. The summed E-state index contributed by atoms with van der Waals surface area (Å²) in [5.41, 5.74) is 8.67. The van der Waals surface area contributed by atoms with Crippen LogP contribution < -0.4 is 11.1 Å². The van der Waals surface area contributed by atoms with Crippen LogP contribution in [-0.2, 0) is 13.0 Å². The Morgan fingerprint density at radius 1 is 1.24 bits per heavy atom. The number of nitrogens with two attached hydrogens (primary N) is 1. The van der Waals surface area contributed by atoms with Crippen LogP contribution in [-0.4, -0.2) is 11.5 Å². The van der Waals surface area contributed by atoms with E-state index in [0.29, 0.717) is 10.6 Å². The fourth-order valence-electron chi connectivity index (χ4n) is 2.47. The van der Waals surface area contributed by atoms with E-state index in [1.54, 1.807) is 12.1 Å². The molecule has 1 aliphatic heterocycles. The van der Waals surface area contributed by atoms with Crippen molar-refractivity contribution in [1.82, 2.24) is 5.32 Å². The predicted molar refractivity (Wildman–Crippen MR) is 83.5 cm³/mol. The molecule has 0 aromatic heterocycles. The third kappa shape index (κ3) is 2.86. The molecule has 3 N–H and O–H groups in total. The minimum atomic E-state index is -0.379. The molecule has 0 spiro atoms. The first-order valence-corrected chi connectivity index (χ1v) is 7.50. The summed E-state index contributed by atoms with van der Waals surface area (Å²) in [6.45, 7) is 1.79. The van der Waals surface area contributed by atoms with Crippen LogP contribution in [0.15, 0.2) is 46.2 Å². The van der Waals surface area contributed by atoms with Crippen molar-refractivity contribution in [2.45, 2.75) is 22.8 Å². The lowest BCUT2D eigenvalue weighted by Gasteiger charge is -2.19. The van der Waals surface area contributed by atoms with Crippen molar-refractivity contribution in [3.05, 3.63) is 57.6 Å². The fraction of sp³-hybridized carbons (Fsp3) is 0.200. The Bertz CT molecular complexity index is 703. The third-order valence-electron chi connectivity index (χ3n) is 3.50. The molecule has 0 saturated carbocycles. The smallest absolute Gasteiger partial charge is 0.285 e. The zero-order valence-electron chi connectivity index (χ0n) is 11.3. The van der Waals surface area contributed by atoms with Crippen molar-refractivity contribution < 1.29 is 4.92 Å². The second kappa shape index (κ2) is 5.75. The van der Waals surface area contributed by atoms with Gasteiger partial charge in [-0.3, -0.25) is 10.1 Å². The standard InChI is InChI=1S/C15H15N3O2S/c16-11-4-5-15(13(8-11)18(19)20)21-14-3-1-2-10-9-17-7-6-12(10)14/h1-5,8,17H,6-7,9,16H2. The van der Waals surface area contributed by atoms with E-state index in [1.807, 2.05) is 12.1 Å². The van der Waals surface area contributed by atoms with Gasteiger partial charge in [0.05, 0.1) is 9.82 Å². The Balaban J connectivity index is 2.00. The lowest BCUT2D eigenvalue weighted by Crippen LogP contribution is -2.23. The van der Waals surface area contributed by atoms with Crippen molar-refractivity contribution in [3.63, 3.8) is 0 Å². The van der Waals surface area contributed by atoms with Crippen LogP contribution in [0.1, 0.15) is 11.1 Å². The Morgan fingerprint density at radius 2 is 2.10 bits per heavy atom. The molecule has 0 fully saturated rings. The minimum Gasteiger partial charge on any atom is -0.399 e. The average molecular weight is 301 g/mol. The number of fused-ring (bicyclic) bond motifs is 1. The maximum Gasteiger partial charge on any atom is 0.285 e. The zero-order valence-corrected chi connectivity index (χ0v) is 12.2. The topological polar surface area (TPSA) is 81.2 Å². The number of nitro benzene ring substituents is 1. The van der Waals surface area contributed by atoms with Gasteiger partial charge in [-0.1, -0.05) is 23.9 Å². The Labute approximate surface area is 126 Å². The second-order valence-corrected chi connectivity index (χ2v) is 5.99. The van der Waals surface area contributed by atoms with Gasteiger partial charge in [-0.25, -0.2) is 0 Å². The van der Waals surface area contributed by atoms with E-state index in [0.717, 1.165) is 24.4 Å². The number of nitrogens with one attached hydrogen (secondary N) is 1. The van der Waals surface area contributed by atoms with Crippen LogP contribution in [0.4, 0.5) is 11.4 Å². The molecule has 108 valence electrons. The minimum absolute atomic E-state index is 0.0616. The SMILES string of the molecule is Nc1ccc(Sc2cccc3c2CCNC3)c([N+](=O)[O-])c1. The lowest BCUT2D eigenvalue weighted by atomic mass is 10.0. The largest absolute Gasteiger partial charge is 0.399 e. The summed E-state index contributed by atoms with van der Waals surface area (Å²) in [6.07, 6.45) is 0.946. The molecule has 5 nitrogen and oxygen atoms in total. The number of benzene rings is 2. The number of hydrogen-bond donors (Lipinski definition) is 2. The van der Waals surface area contributed by atoms with Crippen LogP contribution >= 0.6 is 11.8 Å². The van der Waals surface area contributed by atoms with Gasteiger partial charge in [0.1, 0.15) is 0 Å². The summed E-state index contributed by atoms with van der Waals surface area (Å²) in [6, 6.07) is 11.0. The van der Waals surface area contributed by atoms with Crippen molar-refractivity contribution in [2.75, 3.05) is 12.3 Å². The number of nitro groups is 1. The van der Waals surface area contributed by atoms with E-state index in [2.05, 4.69) is 11.4 Å². The Hall–Kier alpha value is -2.05. The first kappa shape index (κ1) is 13.9. The summed E-state index contributed by atoms with van der Waals surface area (Å²) < 4.78 is 0. The first-order valence-electron chi connectivity index (χ1n) is 6.68. The molecule has 6 heteroatoms. The summed E-state index contributed by atoms with van der Waals surface area (Å²) in [5, 5.41) is 14.5. The summed E-state index contributed by atoms with van der Waals surface area (Å²) >= 11 is 1.44. The molecule has 2 aromatic carbocycles. The molecule has 21 heavy (non-hydrogen) atoms. The summed E-state index contributed by atoms with van der Waals surface area (Å²) in [4.78, 5) is 12.5. The van der Waals surface area contributed by atoms with Crippen molar-refractivity contribution >= 4 is 23.1 Å². The number of nitrogens with zero attached hydrogens (tertiary/aromatic N) is 1. The quantitative estimate of drug-likeness (QED) is 0.517. The van der Waals surface area contributed by atoms with Crippen molar-refractivity contribution in [1.29, 1.82) is 0 Å². The summed E-state index contributed by atoms with van der Waals surface area (Å²) in [7, 11) is 0. The number of nitrogen functional groups attached to an aromatic ring is 1. The van der Waals surface area contributed by atoms with E-state index in [4.69, 9.17) is 5.73 Å². The van der Waals surface area contributed by atoms with E-state index >= 15 is 0 Å². The molecule has 0 atom stereocenters. The Morgan fingerprint density at radius 3 is 2.90 bits per heavy atom. The normalized spacial score (nSPS) is 13.7. The number of anilines is 1. The number of rotatable bonds is 3. The number of hydrogen-bond acceptors (Lipinski definition) is 5. The molecule has 1 heterocycles. The van der Waals surface area contributed by atoms with Gasteiger partial charge in [-0.2, -0.15) is 0 Å². The van der Waals surface area contributed by atoms with Crippen molar-refractivity contribution in [2.24, 2.45) is 0 Å². The van der Waals surface area contributed by atoms with Crippen LogP contribution in [0.3, 0.4) is 0 Å². The molecule has 0 aliphatic carbocycles. The average Bonchev–Trinajstić information content (AvgIpc) is 2.49. The van der Waals surface area contributed by atoms with Gasteiger partial charge in [0.25, 0.3) is 5.69 Å². The summed E-state index contributed by atoms with van der Waals surface area (Å²) in [5.74, 6) is 0.